The second-order valence-corrected chi connectivity index (χ2v) is 7.07. The van der Waals surface area contributed by atoms with E-state index in [9.17, 15) is 0 Å². The Hall–Kier alpha value is -2.07. The Balaban J connectivity index is 1.77. The molecule has 2 N–H and O–H groups in total. The van der Waals surface area contributed by atoms with Gasteiger partial charge in [-0.3, -0.25) is 0 Å². The molecule has 1 saturated carbocycles. The number of ether oxygens (including phenoxy) is 1. The quantitative estimate of drug-likeness (QED) is 0.728. The molecule has 0 atom stereocenters. The van der Waals surface area contributed by atoms with Crippen LogP contribution in [0.1, 0.15) is 43.7 Å². The zero-order valence-corrected chi connectivity index (χ0v) is 15.8. The van der Waals surface area contributed by atoms with E-state index in [1.165, 1.54) is 24.0 Å². The van der Waals surface area contributed by atoms with Crippen LogP contribution in [0.4, 0.5) is 5.69 Å². The van der Waals surface area contributed by atoms with Crippen molar-refractivity contribution < 1.29 is 4.74 Å². The minimum absolute atomic E-state index is 0.0711. The summed E-state index contributed by atoms with van der Waals surface area (Å²) in [6.45, 7) is 4.74. The molecular weight excluding hydrogens is 328 g/mol. The van der Waals surface area contributed by atoms with Gasteiger partial charge in [0.15, 0.2) is 5.11 Å². The number of rotatable bonds is 5. The van der Waals surface area contributed by atoms with Crippen LogP contribution in [0.25, 0.3) is 0 Å². The summed E-state index contributed by atoms with van der Waals surface area (Å²) in [5.74, 6) is 0.824. The van der Waals surface area contributed by atoms with E-state index in [0.717, 1.165) is 24.3 Å². The highest BCUT2D eigenvalue weighted by atomic mass is 32.1. The first-order valence-corrected chi connectivity index (χ1v) is 9.42. The van der Waals surface area contributed by atoms with Gasteiger partial charge >= 0.3 is 0 Å². The lowest BCUT2D eigenvalue weighted by Gasteiger charge is -2.32. The van der Waals surface area contributed by atoms with Gasteiger partial charge in [0, 0.05) is 0 Å². The van der Waals surface area contributed by atoms with E-state index in [2.05, 4.69) is 41.8 Å². The average molecular weight is 355 g/mol. The maximum absolute atomic E-state index is 5.68. The van der Waals surface area contributed by atoms with Crippen molar-refractivity contribution >= 4 is 23.0 Å². The predicted octanol–water partition coefficient (Wildman–Crippen LogP) is 5.15. The minimum Gasteiger partial charge on any atom is -0.492 e. The highest BCUT2D eigenvalue weighted by Gasteiger charge is 2.36. The van der Waals surface area contributed by atoms with E-state index in [1.807, 2.05) is 31.2 Å². The van der Waals surface area contributed by atoms with Crippen LogP contribution in [-0.4, -0.2) is 11.7 Å². The minimum atomic E-state index is -0.0711. The fraction of sp³-hybridized carbons (Fsp3) is 0.381. The van der Waals surface area contributed by atoms with Crippen LogP contribution in [0.5, 0.6) is 5.75 Å². The monoisotopic (exact) mass is 354 g/mol. The molecule has 0 heterocycles. The van der Waals surface area contributed by atoms with Gasteiger partial charge in [0.05, 0.1) is 17.8 Å². The Kier molecular flexibility index (Phi) is 5.59. The van der Waals surface area contributed by atoms with E-state index in [1.54, 1.807) is 0 Å². The Morgan fingerprint density at radius 1 is 1.08 bits per heavy atom. The third-order valence-electron chi connectivity index (χ3n) is 4.85. The maximum atomic E-state index is 5.68. The number of hydrogen-bond donors (Lipinski definition) is 2. The lowest BCUT2D eigenvalue weighted by atomic mass is 9.88. The molecular formula is C21H26N2OS. The van der Waals surface area contributed by atoms with Gasteiger partial charge in [-0.1, -0.05) is 54.8 Å². The second kappa shape index (κ2) is 7.87. The third-order valence-corrected chi connectivity index (χ3v) is 5.05. The number of benzene rings is 2. The molecule has 0 bridgehead atoms. The van der Waals surface area contributed by atoms with Crippen molar-refractivity contribution in [1.82, 2.24) is 5.32 Å². The van der Waals surface area contributed by atoms with Crippen LogP contribution in [0.3, 0.4) is 0 Å². The topological polar surface area (TPSA) is 33.3 Å². The molecule has 0 unspecified atom stereocenters. The molecule has 0 radical (unpaired) electrons. The summed E-state index contributed by atoms with van der Waals surface area (Å²) < 4.78 is 5.68. The SMILES string of the molecule is CCOc1ccccc1NC(=S)NC1(c2ccc(C)cc2)CCCC1. The first-order chi connectivity index (χ1) is 12.1. The van der Waals surface area contributed by atoms with Crippen LogP contribution in [-0.2, 0) is 5.54 Å². The summed E-state index contributed by atoms with van der Waals surface area (Å²) in [6, 6.07) is 16.7. The standard InChI is InChI=1S/C21H26N2OS/c1-3-24-19-9-5-4-8-18(19)22-20(25)23-21(14-6-7-15-21)17-12-10-16(2)11-13-17/h4-5,8-13H,3,6-7,14-15H2,1-2H3,(H2,22,23,25). The molecule has 3 nitrogen and oxygen atoms in total. The van der Waals surface area contributed by atoms with Gasteiger partial charge in [-0.2, -0.15) is 0 Å². The summed E-state index contributed by atoms with van der Waals surface area (Å²) in [6.07, 6.45) is 4.65. The molecule has 1 aliphatic carbocycles. The molecule has 132 valence electrons. The number of nitrogens with one attached hydrogen (secondary N) is 2. The van der Waals surface area contributed by atoms with Gasteiger partial charge in [0.1, 0.15) is 5.75 Å². The summed E-state index contributed by atoms with van der Waals surface area (Å²) in [4.78, 5) is 0. The Labute approximate surface area is 155 Å². The smallest absolute Gasteiger partial charge is 0.171 e. The van der Waals surface area contributed by atoms with Crippen molar-refractivity contribution in [1.29, 1.82) is 0 Å². The first kappa shape index (κ1) is 17.7. The molecule has 0 amide bonds. The van der Waals surface area contributed by atoms with E-state index in [-0.39, 0.29) is 5.54 Å². The molecule has 1 aliphatic rings. The van der Waals surface area contributed by atoms with E-state index in [4.69, 9.17) is 17.0 Å². The van der Waals surface area contributed by atoms with Gasteiger partial charge in [0.2, 0.25) is 0 Å². The largest absolute Gasteiger partial charge is 0.492 e. The Morgan fingerprint density at radius 3 is 2.44 bits per heavy atom. The Morgan fingerprint density at radius 2 is 1.76 bits per heavy atom. The molecule has 25 heavy (non-hydrogen) atoms. The van der Waals surface area contributed by atoms with Gasteiger partial charge in [-0.05, 0) is 56.6 Å². The molecule has 0 spiro atoms. The second-order valence-electron chi connectivity index (χ2n) is 6.66. The highest BCUT2D eigenvalue weighted by Crippen LogP contribution is 2.39. The van der Waals surface area contributed by atoms with Gasteiger partial charge in [-0.25, -0.2) is 0 Å². The average Bonchev–Trinajstić information content (AvgIpc) is 3.07. The maximum Gasteiger partial charge on any atom is 0.171 e. The van der Waals surface area contributed by atoms with Crippen molar-refractivity contribution in [2.75, 3.05) is 11.9 Å². The fourth-order valence-corrected chi connectivity index (χ4v) is 3.86. The molecule has 2 aromatic carbocycles. The Bertz CT molecular complexity index is 721. The van der Waals surface area contributed by atoms with E-state index < -0.39 is 0 Å². The van der Waals surface area contributed by atoms with Crippen molar-refractivity contribution in [2.45, 2.75) is 45.1 Å². The van der Waals surface area contributed by atoms with Crippen LogP contribution in [0.2, 0.25) is 0 Å². The summed E-state index contributed by atoms with van der Waals surface area (Å²) in [5.41, 5.74) is 3.43. The molecule has 1 fully saturated rings. The van der Waals surface area contributed by atoms with Crippen molar-refractivity contribution in [3.63, 3.8) is 0 Å². The molecule has 0 saturated heterocycles. The number of aryl methyl sites for hydroxylation is 1. The normalized spacial score (nSPS) is 15.6. The highest BCUT2D eigenvalue weighted by molar-refractivity contribution is 7.80. The molecule has 4 heteroatoms. The summed E-state index contributed by atoms with van der Waals surface area (Å²) >= 11 is 5.64. The third kappa shape index (κ3) is 4.13. The number of thiocarbonyl (C=S) groups is 1. The van der Waals surface area contributed by atoms with Crippen molar-refractivity contribution in [3.8, 4) is 5.75 Å². The van der Waals surface area contributed by atoms with E-state index >= 15 is 0 Å². The van der Waals surface area contributed by atoms with Crippen LogP contribution >= 0.6 is 12.2 Å². The molecule has 0 aromatic heterocycles. The van der Waals surface area contributed by atoms with Crippen LogP contribution in [0.15, 0.2) is 48.5 Å². The number of hydrogen-bond acceptors (Lipinski definition) is 2. The van der Waals surface area contributed by atoms with Gasteiger partial charge in [0.25, 0.3) is 0 Å². The van der Waals surface area contributed by atoms with Crippen molar-refractivity contribution in [2.24, 2.45) is 0 Å². The predicted molar refractivity (Wildman–Crippen MR) is 108 cm³/mol. The van der Waals surface area contributed by atoms with Crippen LogP contribution in [0, 0.1) is 6.92 Å². The fourth-order valence-electron chi connectivity index (χ4n) is 3.56. The van der Waals surface area contributed by atoms with Crippen molar-refractivity contribution in [3.05, 3.63) is 59.7 Å². The van der Waals surface area contributed by atoms with Gasteiger partial charge in [-0.15, -0.1) is 0 Å². The number of para-hydroxylation sites is 2. The molecule has 3 rings (SSSR count). The zero-order valence-electron chi connectivity index (χ0n) is 15.0. The lowest BCUT2D eigenvalue weighted by molar-refractivity contribution is 0.342. The summed E-state index contributed by atoms with van der Waals surface area (Å²) in [7, 11) is 0. The van der Waals surface area contributed by atoms with Crippen LogP contribution < -0.4 is 15.4 Å². The first-order valence-electron chi connectivity index (χ1n) is 9.01. The lowest BCUT2D eigenvalue weighted by Crippen LogP contribution is -2.45. The van der Waals surface area contributed by atoms with Gasteiger partial charge < -0.3 is 15.4 Å². The van der Waals surface area contributed by atoms with E-state index in [0.29, 0.717) is 11.7 Å². The number of anilines is 1. The molecule has 2 aromatic rings. The molecule has 0 aliphatic heterocycles. The summed E-state index contributed by atoms with van der Waals surface area (Å²) in [5, 5.41) is 7.58. The zero-order chi connectivity index (χ0) is 17.7.